The van der Waals surface area contributed by atoms with Crippen LogP contribution in [0.3, 0.4) is 0 Å². The minimum Gasteiger partial charge on any atom is -0.325 e. The summed E-state index contributed by atoms with van der Waals surface area (Å²) >= 11 is 0. The van der Waals surface area contributed by atoms with Crippen molar-refractivity contribution in [2.45, 2.75) is 78.9 Å². The molecule has 23 heavy (non-hydrogen) atoms. The van der Waals surface area contributed by atoms with E-state index in [2.05, 4.69) is 25.8 Å². The van der Waals surface area contributed by atoms with Gasteiger partial charge < -0.3 is 4.57 Å². The fourth-order valence-electron chi connectivity index (χ4n) is 2.77. The Hall–Kier alpha value is -1.85. The van der Waals surface area contributed by atoms with Crippen LogP contribution in [0.15, 0.2) is 15.9 Å². The molecule has 6 nitrogen and oxygen atoms in total. The monoisotopic (exact) mass is 320 g/mol. The maximum atomic E-state index is 12.8. The average molecular weight is 320 g/mol. The van der Waals surface area contributed by atoms with Crippen molar-refractivity contribution in [2.75, 3.05) is 0 Å². The van der Waals surface area contributed by atoms with Crippen LogP contribution in [-0.4, -0.2) is 18.7 Å². The van der Waals surface area contributed by atoms with Gasteiger partial charge >= 0.3 is 5.69 Å². The zero-order valence-corrected chi connectivity index (χ0v) is 14.5. The third-order valence-electron chi connectivity index (χ3n) is 4.21. The van der Waals surface area contributed by atoms with E-state index in [0.717, 1.165) is 45.1 Å². The summed E-state index contributed by atoms with van der Waals surface area (Å²) in [7, 11) is 0. The number of imidazole rings is 1. The van der Waals surface area contributed by atoms with Crippen LogP contribution in [0.25, 0.3) is 11.2 Å². The van der Waals surface area contributed by atoms with Gasteiger partial charge in [0.1, 0.15) is 0 Å². The van der Waals surface area contributed by atoms with Crippen LogP contribution < -0.4 is 11.2 Å². The summed E-state index contributed by atoms with van der Waals surface area (Å²) in [5.41, 5.74) is 0.701. The lowest BCUT2D eigenvalue weighted by Crippen LogP contribution is -2.40. The molecule has 128 valence electrons. The number of unbranched alkanes of at least 4 members (excludes halogenated alkanes) is 3. The van der Waals surface area contributed by atoms with E-state index in [0.29, 0.717) is 24.3 Å². The molecule has 2 rings (SSSR count). The van der Waals surface area contributed by atoms with Gasteiger partial charge in [-0.1, -0.05) is 40.0 Å². The minimum absolute atomic E-state index is 0.195. The van der Waals surface area contributed by atoms with Crippen molar-refractivity contribution in [3.8, 4) is 0 Å². The molecule has 0 radical (unpaired) electrons. The molecule has 0 unspecified atom stereocenters. The topological polar surface area (TPSA) is 61.8 Å². The highest BCUT2D eigenvalue weighted by Gasteiger charge is 2.17. The van der Waals surface area contributed by atoms with Crippen LogP contribution in [0.1, 0.15) is 59.3 Å². The highest BCUT2D eigenvalue weighted by atomic mass is 16.2. The van der Waals surface area contributed by atoms with E-state index in [-0.39, 0.29) is 11.2 Å². The molecule has 0 aliphatic carbocycles. The quantitative estimate of drug-likeness (QED) is 0.714. The van der Waals surface area contributed by atoms with E-state index in [9.17, 15) is 9.59 Å². The molecule has 0 saturated carbocycles. The van der Waals surface area contributed by atoms with E-state index >= 15 is 0 Å². The van der Waals surface area contributed by atoms with E-state index in [1.54, 1.807) is 10.9 Å². The molecular weight excluding hydrogens is 292 g/mol. The van der Waals surface area contributed by atoms with Crippen molar-refractivity contribution < 1.29 is 0 Å². The van der Waals surface area contributed by atoms with Crippen molar-refractivity contribution in [3.05, 3.63) is 27.2 Å². The summed E-state index contributed by atoms with van der Waals surface area (Å²) < 4.78 is 4.98. The maximum absolute atomic E-state index is 12.8. The first-order chi connectivity index (χ1) is 11.2. The Kier molecular flexibility index (Phi) is 6.19. The lowest BCUT2D eigenvalue weighted by atomic mass is 10.3. The Morgan fingerprint density at radius 1 is 0.870 bits per heavy atom. The van der Waals surface area contributed by atoms with Crippen LogP contribution in [0.2, 0.25) is 0 Å². The molecule has 2 aromatic heterocycles. The summed E-state index contributed by atoms with van der Waals surface area (Å²) in [6.07, 6.45) is 7.44. The second kappa shape index (κ2) is 8.13. The first-order valence-corrected chi connectivity index (χ1v) is 8.84. The Morgan fingerprint density at radius 2 is 1.43 bits per heavy atom. The number of fused-ring (bicyclic) bond motifs is 1. The number of hydrogen-bond donors (Lipinski definition) is 0. The molecule has 0 amide bonds. The molecule has 0 aliphatic rings. The molecule has 6 heteroatoms. The SMILES string of the molecule is CCCCn1c(=O)c2c(ncn2CCCC)n(CCCC)c1=O. The van der Waals surface area contributed by atoms with Crippen LogP contribution in [0.4, 0.5) is 0 Å². The van der Waals surface area contributed by atoms with Gasteiger partial charge in [0.2, 0.25) is 0 Å². The van der Waals surface area contributed by atoms with Gasteiger partial charge in [-0.2, -0.15) is 0 Å². The van der Waals surface area contributed by atoms with Gasteiger partial charge in [0.15, 0.2) is 11.2 Å². The fourth-order valence-corrected chi connectivity index (χ4v) is 2.77. The highest BCUT2D eigenvalue weighted by molar-refractivity contribution is 5.70. The van der Waals surface area contributed by atoms with Crippen LogP contribution >= 0.6 is 0 Å². The lowest BCUT2D eigenvalue weighted by Gasteiger charge is -2.12. The first-order valence-electron chi connectivity index (χ1n) is 8.84. The second-order valence-corrected chi connectivity index (χ2v) is 6.06. The maximum Gasteiger partial charge on any atom is 0.332 e. The van der Waals surface area contributed by atoms with Gasteiger partial charge in [-0.25, -0.2) is 9.78 Å². The van der Waals surface area contributed by atoms with E-state index in [1.165, 1.54) is 4.57 Å². The molecule has 0 aromatic carbocycles. The summed E-state index contributed by atoms with van der Waals surface area (Å²) in [5, 5.41) is 0. The van der Waals surface area contributed by atoms with Crippen LogP contribution in [0.5, 0.6) is 0 Å². The molecular formula is C17H28N4O2. The van der Waals surface area contributed by atoms with Gasteiger partial charge in [-0.3, -0.25) is 13.9 Å². The molecule has 0 N–H and O–H groups in total. The summed E-state index contributed by atoms with van der Waals surface area (Å²) in [6.45, 7) is 8.13. The average Bonchev–Trinajstić information content (AvgIpc) is 2.96. The Morgan fingerprint density at radius 3 is 2.04 bits per heavy atom. The predicted molar refractivity (Wildman–Crippen MR) is 93.0 cm³/mol. The normalized spacial score (nSPS) is 11.4. The predicted octanol–water partition coefficient (Wildman–Crippen LogP) is 2.76. The molecule has 0 saturated heterocycles. The van der Waals surface area contributed by atoms with Crippen LogP contribution in [0, 0.1) is 0 Å². The third kappa shape index (κ3) is 3.57. The Labute approximate surface area is 136 Å². The molecule has 2 aromatic rings. The largest absolute Gasteiger partial charge is 0.332 e. The zero-order chi connectivity index (χ0) is 16.8. The van der Waals surface area contributed by atoms with Gasteiger partial charge in [0, 0.05) is 19.6 Å². The lowest BCUT2D eigenvalue weighted by molar-refractivity contribution is 0.528. The van der Waals surface area contributed by atoms with Gasteiger partial charge in [-0.05, 0) is 19.3 Å². The molecule has 0 atom stereocenters. The number of aromatic nitrogens is 4. The van der Waals surface area contributed by atoms with Crippen LogP contribution in [-0.2, 0) is 19.6 Å². The van der Waals surface area contributed by atoms with Crippen molar-refractivity contribution in [2.24, 2.45) is 0 Å². The summed E-state index contributed by atoms with van der Waals surface area (Å²) in [5.74, 6) is 0. The van der Waals surface area contributed by atoms with Gasteiger partial charge in [-0.15, -0.1) is 0 Å². The van der Waals surface area contributed by atoms with E-state index < -0.39 is 0 Å². The van der Waals surface area contributed by atoms with Crippen molar-refractivity contribution in [1.29, 1.82) is 0 Å². The Bertz CT molecular complexity index is 754. The zero-order valence-electron chi connectivity index (χ0n) is 14.5. The van der Waals surface area contributed by atoms with Gasteiger partial charge in [0.05, 0.1) is 6.33 Å². The van der Waals surface area contributed by atoms with Crippen molar-refractivity contribution in [3.63, 3.8) is 0 Å². The van der Waals surface area contributed by atoms with E-state index in [1.807, 2.05) is 4.57 Å². The number of rotatable bonds is 9. The first kappa shape index (κ1) is 17.5. The second-order valence-electron chi connectivity index (χ2n) is 6.06. The third-order valence-corrected chi connectivity index (χ3v) is 4.21. The van der Waals surface area contributed by atoms with E-state index in [4.69, 9.17) is 0 Å². The molecule has 0 bridgehead atoms. The van der Waals surface area contributed by atoms with Crippen molar-refractivity contribution >= 4 is 11.2 Å². The Balaban J connectivity index is 2.64. The molecule has 2 heterocycles. The fraction of sp³-hybridized carbons (Fsp3) is 0.706. The minimum atomic E-state index is -0.217. The summed E-state index contributed by atoms with van der Waals surface area (Å²) in [6, 6.07) is 0. The van der Waals surface area contributed by atoms with Crippen molar-refractivity contribution in [1.82, 2.24) is 18.7 Å². The number of nitrogens with zero attached hydrogens (tertiary/aromatic N) is 4. The smallest absolute Gasteiger partial charge is 0.325 e. The summed E-state index contributed by atoms with van der Waals surface area (Å²) in [4.78, 5) is 29.9. The standard InChI is InChI=1S/C17H28N4O2/c1-4-7-10-19-13-18-15-14(19)16(22)21(12-9-6-3)17(23)20(15)11-8-5-2/h13H,4-12H2,1-3H3. The highest BCUT2D eigenvalue weighted by Crippen LogP contribution is 2.09. The number of aryl methyl sites for hydroxylation is 2. The molecule has 0 fully saturated rings. The molecule has 0 spiro atoms. The molecule has 0 aliphatic heterocycles. The number of hydrogen-bond acceptors (Lipinski definition) is 3. The van der Waals surface area contributed by atoms with Gasteiger partial charge in [0.25, 0.3) is 5.56 Å².